The van der Waals surface area contributed by atoms with Gasteiger partial charge >= 0.3 is 0 Å². The third-order valence-corrected chi connectivity index (χ3v) is 2.76. The summed E-state index contributed by atoms with van der Waals surface area (Å²) in [6.07, 6.45) is 8.33. The Kier molecular flexibility index (Phi) is 11.6. The fourth-order valence-corrected chi connectivity index (χ4v) is 1.56. The third kappa shape index (κ3) is 9.49. The maximum Gasteiger partial charge on any atom is 0.0355 e. The van der Waals surface area contributed by atoms with Crippen LogP contribution in [0.2, 0.25) is 0 Å². The van der Waals surface area contributed by atoms with Gasteiger partial charge in [0.2, 0.25) is 0 Å². The molecule has 0 fully saturated rings. The molecule has 128 valence electrons. The molecular formula is C20H38N2. The predicted octanol–water partition coefficient (Wildman–Crippen LogP) is 6.54. The second-order valence-corrected chi connectivity index (χ2v) is 6.52. The summed E-state index contributed by atoms with van der Waals surface area (Å²) in [5, 5.41) is 0. The van der Waals surface area contributed by atoms with Crippen molar-refractivity contribution < 1.29 is 0 Å². The van der Waals surface area contributed by atoms with Crippen LogP contribution in [-0.4, -0.2) is 9.13 Å². The zero-order valence-corrected chi connectivity index (χ0v) is 16.5. The van der Waals surface area contributed by atoms with Crippen molar-refractivity contribution in [1.29, 1.82) is 0 Å². The molecule has 0 aromatic carbocycles. The molecule has 0 saturated carbocycles. The molecule has 0 amide bonds. The zero-order chi connectivity index (χ0) is 17.8. The van der Waals surface area contributed by atoms with Crippen LogP contribution in [0.5, 0.6) is 0 Å². The van der Waals surface area contributed by atoms with E-state index in [-0.39, 0.29) is 11.1 Å². The molecule has 0 unspecified atom stereocenters. The molecule has 2 nitrogen and oxygen atoms in total. The first-order chi connectivity index (χ1) is 10.2. The Morgan fingerprint density at radius 3 is 0.727 bits per heavy atom. The molecule has 2 heteroatoms. The average molecular weight is 307 g/mol. The summed E-state index contributed by atoms with van der Waals surface area (Å²) < 4.78 is 4.38. The number of hydrogen-bond acceptors (Lipinski definition) is 0. The molecule has 0 spiro atoms. The van der Waals surface area contributed by atoms with Gasteiger partial charge in [-0.15, -0.1) is 0 Å². The summed E-state index contributed by atoms with van der Waals surface area (Å²) >= 11 is 0. The minimum Gasteiger partial charge on any atom is -0.349 e. The Bertz CT molecular complexity index is 379. The van der Waals surface area contributed by atoms with Crippen molar-refractivity contribution in [2.45, 2.75) is 80.3 Å². The van der Waals surface area contributed by atoms with Gasteiger partial charge in [0.15, 0.2) is 0 Å². The molecule has 0 aliphatic heterocycles. The van der Waals surface area contributed by atoms with Gasteiger partial charge in [0.1, 0.15) is 0 Å². The highest BCUT2D eigenvalue weighted by molar-refractivity contribution is 4.95. The molecule has 0 atom stereocenters. The summed E-state index contributed by atoms with van der Waals surface area (Å²) in [7, 11) is 0. The molecule has 0 aliphatic carbocycles. The maximum absolute atomic E-state index is 2.19. The van der Waals surface area contributed by atoms with Crippen LogP contribution in [0.3, 0.4) is 0 Å². The number of hydrogen-bond donors (Lipinski definition) is 0. The maximum atomic E-state index is 2.19. The number of aromatic nitrogens is 2. The van der Waals surface area contributed by atoms with E-state index in [4.69, 9.17) is 0 Å². The first kappa shape index (κ1) is 22.8. The number of rotatable bonds is 0. The lowest BCUT2D eigenvalue weighted by atomic mass is 10.1. The summed E-state index contributed by atoms with van der Waals surface area (Å²) in [5.41, 5.74) is 0.479. The second-order valence-electron chi connectivity index (χ2n) is 6.52. The molecule has 0 aliphatic rings. The summed E-state index contributed by atoms with van der Waals surface area (Å²) in [5.74, 6) is 0. The van der Waals surface area contributed by atoms with Crippen LogP contribution in [0, 0.1) is 0 Å². The lowest BCUT2D eigenvalue weighted by Crippen LogP contribution is -2.19. The van der Waals surface area contributed by atoms with Crippen LogP contribution in [-0.2, 0) is 11.1 Å². The highest BCUT2D eigenvalue weighted by Gasteiger charge is 2.09. The average Bonchev–Trinajstić information content (AvgIpc) is 3.16. The molecule has 22 heavy (non-hydrogen) atoms. The van der Waals surface area contributed by atoms with Gasteiger partial charge in [0, 0.05) is 35.9 Å². The Labute approximate surface area is 139 Å². The van der Waals surface area contributed by atoms with E-state index in [0.29, 0.717) is 0 Å². The summed E-state index contributed by atoms with van der Waals surface area (Å²) in [6.45, 7) is 21.1. The van der Waals surface area contributed by atoms with Crippen molar-refractivity contribution in [3.63, 3.8) is 0 Å². The standard InChI is InChI=1S/2C8H13N.2C2H6/c2*1-8(2,3)9-6-4-5-7-9;2*1-2/h2*4-7H,1-3H3;2*1-2H3. The molecule has 2 rings (SSSR count). The molecule has 2 aromatic rings. The topological polar surface area (TPSA) is 9.86 Å². The van der Waals surface area contributed by atoms with Crippen molar-refractivity contribution in [2.24, 2.45) is 0 Å². The Morgan fingerprint density at radius 1 is 0.455 bits per heavy atom. The van der Waals surface area contributed by atoms with Gasteiger partial charge in [-0.1, -0.05) is 27.7 Å². The van der Waals surface area contributed by atoms with Gasteiger partial charge in [-0.2, -0.15) is 0 Å². The molecule has 2 aromatic heterocycles. The van der Waals surface area contributed by atoms with Crippen molar-refractivity contribution in [2.75, 3.05) is 0 Å². The fourth-order valence-electron chi connectivity index (χ4n) is 1.56. The molecular weight excluding hydrogens is 268 g/mol. The fraction of sp³-hybridized carbons (Fsp3) is 0.600. The van der Waals surface area contributed by atoms with Gasteiger partial charge in [0.25, 0.3) is 0 Å². The van der Waals surface area contributed by atoms with Gasteiger partial charge in [0.05, 0.1) is 0 Å². The van der Waals surface area contributed by atoms with E-state index < -0.39 is 0 Å². The third-order valence-electron chi connectivity index (χ3n) is 2.76. The highest BCUT2D eigenvalue weighted by Crippen LogP contribution is 2.12. The van der Waals surface area contributed by atoms with E-state index in [0.717, 1.165) is 0 Å². The Morgan fingerprint density at radius 2 is 0.636 bits per heavy atom. The van der Waals surface area contributed by atoms with Gasteiger partial charge in [-0.05, 0) is 65.8 Å². The summed E-state index contributed by atoms with van der Waals surface area (Å²) in [4.78, 5) is 0. The normalized spacial score (nSPS) is 10.3. The SMILES string of the molecule is CC.CC.CC(C)(C)n1cccc1.CC(C)(C)n1cccc1. The van der Waals surface area contributed by atoms with Crippen molar-refractivity contribution >= 4 is 0 Å². The lowest BCUT2D eigenvalue weighted by Gasteiger charge is -2.20. The first-order valence-corrected chi connectivity index (χ1v) is 8.48. The highest BCUT2D eigenvalue weighted by atomic mass is 15.0. The molecule has 0 N–H and O–H groups in total. The lowest BCUT2D eigenvalue weighted by molar-refractivity contribution is 0.398. The monoisotopic (exact) mass is 306 g/mol. The van der Waals surface area contributed by atoms with E-state index in [1.54, 1.807) is 0 Å². The van der Waals surface area contributed by atoms with E-state index in [1.165, 1.54) is 0 Å². The van der Waals surface area contributed by atoms with E-state index in [1.807, 2.05) is 52.0 Å². The van der Waals surface area contributed by atoms with E-state index >= 15 is 0 Å². The predicted molar refractivity (Wildman–Crippen MR) is 102 cm³/mol. The second kappa shape index (κ2) is 11.2. The van der Waals surface area contributed by atoms with Crippen molar-refractivity contribution in [3.8, 4) is 0 Å². The molecule has 0 bridgehead atoms. The van der Waals surface area contributed by atoms with Crippen molar-refractivity contribution in [3.05, 3.63) is 49.1 Å². The zero-order valence-electron chi connectivity index (χ0n) is 16.5. The smallest absolute Gasteiger partial charge is 0.0355 e. The minimum atomic E-state index is 0.240. The quantitative estimate of drug-likeness (QED) is 0.523. The van der Waals surface area contributed by atoms with E-state index in [2.05, 4.69) is 75.5 Å². The van der Waals surface area contributed by atoms with Gasteiger partial charge < -0.3 is 9.13 Å². The van der Waals surface area contributed by atoms with Crippen LogP contribution in [0.25, 0.3) is 0 Å². The first-order valence-electron chi connectivity index (χ1n) is 8.48. The number of nitrogens with zero attached hydrogens (tertiary/aromatic N) is 2. The van der Waals surface area contributed by atoms with Crippen LogP contribution in [0.4, 0.5) is 0 Å². The van der Waals surface area contributed by atoms with Crippen LogP contribution < -0.4 is 0 Å². The van der Waals surface area contributed by atoms with Crippen molar-refractivity contribution in [1.82, 2.24) is 9.13 Å². The van der Waals surface area contributed by atoms with Crippen LogP contribution in [0.1, 0.15) is 69.2 Å². The molecule has 0 saturated heterocycles. The Balaban J connectivity index is 0. The summed E-state index contributed by atoms with van der Waals surface area (Å²) in [6, 6.07) is 8.19. The largest absolute Gasteiger partial charge is 0.349 e. The van der Waals surface area contributed by atoms with Gasteiger partial charge in [-0.25, -0.2) is 0 Å². The van der Waals surface area contributed by atoms with Crippen LogP contribution in [0.15, 0.2) is 49.1 Å². The van der Waals surface area contributed by atoms with E-state index in [9.17, 15) is 0 Å². The van der Waals surface area contributed by atoms with Crippen LogP contribution >= 0.6 is 0 Å². The molecule has 2 heterocycles. The minimum absolute atomic E-state index is 0.240. The Hall–Kier alpha value is -1.44. The van der Waals surface area contributed by atoms with Gasteiger partial charge in [-0.3, -0.25) is 0 Å². The molecule has 0 radical (unpaired) electrons.